The SMILES string of the molecule is CC(=O)CCC1(c2ccccc2)C=CC=CC1. The maximum Gasteiger partial charge on any atom is 0.129 e. The highest BCUT2D eigenvalue weighted by Crippen LogP contribution is 2.36. The number of benzene rings is 1. The number of Topliss-reactive ketones (excluding diaryl/α,β-unsaturated/α-hetero) is 1. The summed E-state index contributed by atoms with van der Waals surface area (Å²) < 4.78 is 0. The molecule has 1 unspecified atom stereocenters. The summed E-state index contributed by atoms with van der Waals surface area (Å²) in [5, 5.41) is 0. The highest BCUT2D eigenvalue weighted by Gasteiger charge is 2.29. The van der Waals surface area contributed by atoms with Gasteiger partial charge in [-0.15, -0.1) is 0 Å². The van der Waals surface area contributed by atoms with E-state index in [0.717, 1.165) is 12.8 Å². The third-order valence-corrected chi connectivity index (χ3v) is 3.42. The quantitative estimate of drug-likeness (QED) is 0.763. The fraction of sp³-hybridized carbons (Fsp3) is 0.312. The lowest BCUT2D eigenvalue weighted by Gasteiger charge is -2.31. The van der Waals surface area contributed by atoms with Crippen molar-refractivity contribution in [2.45, 2.75) is 31.6 Å². The van der Waals surface area contributed by atoms with Crippen LogP contribution in [-0.4, -0.2) is 5.78 Å². The third kappa shape index (κ3) is 2.73. The number of carbonyl (C=O) groups excluding carboxylic acids is 1. The molecule has 0 aromatic heterocycles. The predicted molar refractivity (Wildman–Crippen MR) is 70.9 cm³/mol. The average Bonchev–Trinajstić information content (AvgIpc) is 2.39. The number of ketones is 1. The van der Waals surface area contributed by atoms with Crippen LogP contribution < -0.4 is 0 Å². The summed E-state index contributed by atoms with van der Waals surface area (Å²) >= 11 is 0. The van der Waals surface area contributed by atoms with Crippen LogP contribution in [0.1, 0.15) is 31.7 Å². The Balaban J connectivity index is 2.28. The first-order chi connectivity index (χ1) is 8.23. The molecule has 0 radical (unpaired) electrons. The topological polar surface area (TPSA) is 17.1 Å². The van der Waals surface area contributed by atoms with Crippen LogP contribution in [0.2, 0.25) is 0 Å². The third-order valence-electron chi connectivity index (χ3n) is 3.42. The van der Waals surface area contributed by atoms with E-state index in [1.54, 1.807) is 6.92 Å². The maximum absolute atomic E-state index is 11.2. The van der Waals surface area contributed by atoms with Crippen LogP contribution in [0.4, 0.5) is 0 Å². The van der Waals surface area contributed by atoms with Gasteiger partial charge in [0.2, 0.25) is 0 Å². The van der Waals surface area contributed by atoms with Crippen molar-refractivity contribution in [1.29, 1.82) is 0 Å². The zero-order valence-corrected chi connectivity index (χ0v) is 10.2. The maximum atomic E-state index is 11.2. The van der Waals surface area contributed by atoms with Crippen molar-refractivity contribution >= 4 is 5.78 Å². The Bertz CT molecular complexity index is 442. The van der Waals surface area contributed by atoms with E-state index in [1.807, 2.05) is 6.07 Å². The summed E-state index contributed by atoms with van der Waals surface area (Å²) in [6.45, 7) is 1.67. The second kappa shape index (κ2) is 5.13. The number of carbonyl (C=O) groups is 1. The van der Waals surface area contributed by atoms with Crippen molar-refractivity contribution in [3.63, 3.8) is 0 Å². The largest absolute Gasteiger partial charge is 0.300 e. The van der Waals surface area contributed by atoms with Crippen LogP contribution in [0, 0.1) is 0 Å². The molecule has 1 aliphatic carbocycles. The second-order valence-electron chi connectivity index (χ2n) is 4.72. The molecule has 0 spiro atoms. The molecule has 0 bridgehead atoms. The summed E-state index contributed by atoms with van der Waals surface area (Å²) in [7, 11) is 0. The molecule has 0 heterocycles. The zero-order valence-electron chi connectivity index (χ0n) is 10.2. The van der Waals surface area contributed by atoms with E-state index in [1.165, 1.54) is 5.56 Å². The molecule has 1 nitrogen and oxygen atoms in total. The summed E-state index contributed by atoms with van der Waals surface area (Å²) in [4.78, 5) is 11.2. The molecule has 0 aliphatic heterocycles. The normalized spacial score (nSPS) is 22.6. The van der Waals surface area contributed by atoms with Crippen LogP contribution in [-0.2, 0) is 10.2 Å². The van der Waals surface area contributed by atoms with Gasteiger partial charge < -0.3 is 4.79 Å². The Labute approximate surface area is 103 Å². The Morgan fingerprint density at radius 3 is 2.59 bits per heavy atom. The minimum absolute atomic E-state index is 0.0156. The minimum Gasteiger partial charge on any atom is -0.300 e. The van der Waals surface area contributed by atoms with E-state index >= 15 is 0 Å². The molecule has 0 amide bonds. The minimum atomic E-state index is 0.0156. The van der Waals surface area contributed by atoms with Crippen LogP contribution in [0.5, 0.6) is 0 Å². The zero-order chi connectivity index (χ0) is 12.1. The van der Waals surface area contributed by atoms with Crippen LogP contribution in [0.15, 0.2) is 54.6 Å². The smallest absolute Gasteiger partial charge is 0.129 e. The molecule has 17 heavy (non-hydrogen) atoms. The molecule has 1 heteroatoms. The summed E-state index contributed by atoms with van der Waals surface area (Å²) in [5.74, 6) is 0.267. The van der Waals surface area contributed by atoms with Crippen LogP contribution in [0.3, 0.4) is 0 Å². The molecule has 1 aromatic rings. The number of hydrogen-bond acceptors (Lipinski definition) is 1. The van der Waals surface area contributed by atoms with Crippen molar-refractivity contribution in [3.05, 3.63) is 60.2 Å². The van der Waals surface area contributed by atoms with Gasteiger partial charge in [-0.3, -0.25) is 0 Å². The average molecular weight is 226 g/mol. The predicted octanol–water partition coefficient (Wildman–Crippen LogP) is 3.81. The Morgan fingerprint density at radius 1 is 1.24 bits per heavy atom. The van der Waals surface area contributed by atoms with Crippen molar-refractivity contribution in [2.75, 3.05) is 0 Å². The van der Waals surface area contributed by atoms with Crippen molar-refractivity contribution in [1.82, 2.24) is 0 Å². The van der Waals surface area contributed by atoms with E-state index in [-0.39, 0.29) is 11.2 Å². The molecule has 1 atom stereocenters. The van der Waals surface area contributed by atoms with Crippen LogP contribution in [0.25, 0.3) is 0 Å². The summed E-state index contributed by atoms with van der Waals surface area (Å²) in [5.41, 5.74) is 1.32. The van der Waals surface area contributed by atoms with Gasteiger partial charge in [-0.25, -0.2) is 0 Å². The highest BCUT2D eigenvalue weighted by molar-refractivity contribution is 5.75. The lowest BCUT2D eigenvalue weighted by Crippen LogP contribution is -2.25. The Hall–Kier alpha value is -1.63. The van der Waals surface area contributed by atoms with Crippen molar-refractivity contribution in [2.24, 2.45) is 0 Å². The monoisotopic (exact) mass is 226 g/mol. The van der Waals surface area contributed by atoms with E-state index in [4.69, 9.17) is 0 Å². The van der Waals surface area contributed by atoms with E-state index in [9.17, 15) is 4.79 Å². The van der Waals surface area contributed by atoms with Gasteiger partial charge in [0.15, 0.2) is 0 Å². The fourth-order valence-corrected chi connectivity index (χ4v) is 2.38. The van der Waals surface area contributed by atoms with E-state index in [2.05, 4.69) is 48.6 Å². The van der Waals surface area contributed by atoms with Gasteiger partial charge >= 0.3 is 0 Å². The summed E-state index contributed by atoms with van der Waals surface area (Å²) in [6, 6.07) is 10.5. The molecule has 0 saturated carbocycles. The molecule has 88 valence electrons. The Kier molecular flexibility index (Phi) is 3.58. The number of hydrogen-bond donors (Lipinski definition) is 0. The van der Waals surface area contributed by atoms with Gasteiger partial charge in [-0.2, -0.15) is 0 Å². The molecule has 0 N–H and O–H groups in total. The van der Waals surface area contributed by atoms with Gasteiger partial charge in [0, 0.05) is 11.8 Å². The first-order valence-corrected chi connectivity index (χ1v) is 6.12. The highest BCUT2D eigenvalue weighted by atomic mass is 16.1. The molecule has 2 rings (SSSR count). The Morgan fingerprint density at radius 2 is 2.00 bits per heavy atom. The van der Waals surface area contributed by atoms with E-state index < -0.39 is 0 Å². The molecular weight excluding hydrogens is 208 g/mol. The number of rotatable bonds is 4. The van der Waals surface area contributed by atoms with Crippen LogP contribution >= 0.6 is 0 Å². The molecular formula is C16H18O. The van der Waals surface area contributed by atoms with Gasteiger partial charge in [-0.1, -0.05) is 54.6 Å². The molecule has 0 fully saturated rings. The lowest BCUT2D eigenvalue weighted by molar-refractivity contribution is -0.117. The molecule has 0 saturated heterocycles. The van der Waals surface area contributed by atoms with Gasteiger partial charge in [0.25, 0.3) is 0 Å². The first-order valence-electron chi connectivity index (χ1n) is 6.12. The standard InChI is InChI=1S/C16H18O/c1-14(17)10-13-16(11-6-3-7-12-16)15-8-4-2-5-9-15/h2-9,11H,10,12-13H2,1H3. The second-order valence-corrected chi connectivity index (χ2v) is 4.72. The van der Waals surface area contributed by atoms with Gasteiger partial charge in [0.05, 0.1) is 0 Å². The van der Waals surface area contributed by atoms with Crippen molar-refractivity contribution in [3.8, 4) is 0 Å². The lowest BCUT2D eigenvalue weighted by atomic mass is 9.72. The first kappa shape index (κ1) is 11.8. The van der Waals surface area contributed by atoms with Crippen molar-refractivity contribution < 1.29 is 4.79 Å². The molecule has 1 aliphatic rings. The number of allylic oxidation sites excluding steroid dienone is 4. The van der Waals surface area contributed by atoms with E-state index in [0.29, 0.717) is 6.42 Å². The molecule has 1 aromatic carbocycles. The summed E-state index contributed by atoms with van der Waals surface area (Å²) in [6.07, 6.45) is 11.1. The van der Waals surface area contributed by atoms with Gasteiger partial charge in [-0.05, 0) is 25.3 Å². The van der Waals surface area contributed by atoms with Gasteiger partial charge in [0.1, 0.15) is 5.78 Å². The fourth-order valence-electron chi connectivity index (χ4n) is 2.38.